The van der Waals surface area contributed by atoms with Gasteiger partial charge in [-0.05, 0) is 32.0 Å². The van der Waals surface area contributed by atoms with Gasteiger partial charge in [0.1, 0.15) is 11.5 Å². The lowest BCUT2D eigenvalue weighted by Gasteiger charge is -2.22. The van der Waals surface area contributed by atoms with Crippen molar-refractivity contribution in [2.75, 3.05) is 44.0 Å². The molecule has 1 aliphatic rings. The molecule has 0 bridgehead atoms. The Labute approximate surface area is 186 Å². The first-order valence-corrected chi connectivity index (χ1v) is 10.4. The van der Waals surface area contributed by atoms with Gasteiger partial charge >= 0.3 is 6.09 Å². The topological polar surface area (TPSA) is 99.9 Å². The van der Waals surface area contributed by atoms with Crippen LogP contribution in [0, 0.1) is 6.92 Å². The Bertz CT molecular complexity index is 1040. The van der Waals surface area contributed by atoms with E-state index in [-0.39, 0.29) is 30.8 Å². The van der Waals surface area contributed by atoms with Crippen molar-refractivity contribution in [2.24, 2.45) is 7.05 Å². The summed E-state index contributed by atoms with van der Waals surface area (Å²) in [6.45, 7) is 4.52. The van der Waals surface area contributed by atoms with Crippen LogP contribution in [0.25, 0.3) is 11.4 Å². The predicted octanol–water partition coefficient (Wildman–Crippen LogP) is 2.65. The third-order valence-corrected chi connectivity index (χ3v) is 5.74. The maximum atomic E-state index is 13.2. The summed E-state index contributed by atoms with van der Waals surface area (Å²) in [6, 6.07) is 5.24. The molecule has 0 unspecified atom stereocenters. The normalized spacial score (nSPS) is 18.3. The minimum atomic E-state index is -1.01. The molecule has 1 aliphatic heterocycles. The fourth-order valence-corrected chi connectivity index (χ4v) is 3.98. The molecule has 0 radical (unpaired) electrons. The summed E-state index contributed by atoms with van der Waals surface area (Å²) in [4.78, 5) is 32.4. The van der Waals surface area contributed by atoms with Crippen LogP contribution in [-0.2, 0) is 11.8 Å². The molecule has 168 valence electrons. The van der Waals surface area contributed by atoms with Crippen LogP contribution in [0.15, 0.2) is 23.0 Å². The quantitative estimate of drug-likeness (QED) is 0.699. The first-order valence-electron chi connectivity index (χ1n) is 10.0. The SMILES string of the molecule is CCO[C@H]1CN(C(=O)O)C[C@H]1Nc1c(C)nc(-c2ccc(N(C)C)cc2Cl)n(C)c1=O. The number of nitrogens with one attached hydrogen (secondary N) is 1. The van der Waals surface area contributed by atoms with E-state index in [1.54, 1.807) is 14.0 Å². The van der Waals surface area contributed by atoms with Crippen LogP contribution in [0.1, 0.15) is 12.6 Å². The molecule has 0 aliphatic carbocycles. The van der Waals surface area contributed by atoms with E-state index in [9.17, 15) is 14.7 Å². The molecule has 1 amide bonds. The molecule has 2 atom stereocenters. The Morgan fingerprint density at radius 2 is 2.10 bits per heavy atom. The van der Waals surface area contributed by atoms with E-state index < -0.39 is 6.09 Å². The molecular weight excluding hydrogens is 422 g/mol. The van der Waals surface area contributed by atoms with Gasteiger partial charge < -0.3 is 25.0 Å². The van der Waals surface area contributed by atoms with Crippen LogP contribution in [0.2, 0.25) is 5.02 Å². The summed E-state index contributed by atoms with van der Waals surface area (Å²) >= 11 is 6.49. The maximum Gasteiger partial charge on any atom is 0.407 e. The lowest BCUT2D eigenvalue weighted by molar-refractivity contribution is 0.0629. The van der Waals surface area contributed by atoms with E-state index in [1.807, 2.05) is 44.1 Å². The Balaban J connectivity index is 1.95. The van der Waals surface area contributed by atoms with Gasteiger partial charge in [-0.25, -0.2) is 9.78 Å². The van der Waals surface area contributed by atoms with Crippen molar-refractivity contribution in [1.29, 1.82) is 0 Å². The van der Waals surface area contributed by atoms with Gasteiger partial charge in [-0.3, -0.25) is 9.36 Å². The average molecular weight is 450 g/mol. The lowest BCUT2D eigenvalue weighted by atomic mass is 10.1. The number of amides is 1. The van der Waals surface area contributed by atoms with Gasteiger partial charge in [0.05, 0.1) is 29.4 Å². The van der Waals surface area contributed by atoms with E-state index in [4.69, 9.17) is 16.3 Å². The first-order chi connectivity index (χ1) is 14.6. The number of nitrogens with zero attached hydrogens (tertiary/aromatic N) is 4. The zero-order chi connectivity index (χ0) is 22.9. The number of rotatable bonds is 6. The van der Waals surface area contributed by atoms with Crippen LogP contribution in [0.5, 0.6) is 0 Å². The number of aromatic nitrogens is 2. The molecule has 0 spiro atoms. The number of carbonyl (C=O) groups is 1. The number of aryl methyl sites for hydroxylation is 1. The number of anilines is 2. The molecule has 10 heteroatoms. The highest BCUT2D eigenvalue weighted by molar-refractivity contribution is 6.33. The minimum Gasteiger partial charge on any atom is -0.465 e. The lowest BCUT2D eigenvalue weighted by Crippen LogP contribution is -2.38. The second-order valence-electron chi connectivity index (χ2n) is 7.75. The zero-order valence-corrected chi connectivity index (χ0v) is 19.1. The number of halogens is 1. The smallest absolute Gasteiger partial charge is 0.407 e. The summed E-state index contributed by atoms with van der Waals surface area (Å²) in [5.74, 6) is 0.461. The number of likely N-dealkylation sites (tertiary alicyclic amines) is 1. The van der Waals surface area contributed by atoms with Crippen molar-refractivity contribution in [3.05, 3.63) is 39.3 Å². The van der Waals surface area contributed by atoms with E-state index in [0.29, 0.717) is 34.4 Å². The van der Waals surface area contributed by atoms with E-state index in [2.05, 4.69) is 10.3 Å². The molecule has 1 aromatic carbocycles. The maximum absolute atomic E-state index is 13.2. The molecule has 1 aromatic heterocycles. The predicted molar refractivity (Wildman–Crippen MR) is 121 cm³/mol. The minimum absolute atomic E-state index is 0.224. The number of hydrogen-bond donors (Lipinski definition) is 2. The van der Waals surface area contributed by atoms with Crippen molar-refractivity contribution < 1.29 is 14.6 Å². The van der Waals surface area contributed by atoms with Crippen LogP contribution in [0.4, 0.5) is 16.2 Å². The number of carboxylic acid groups (broad SMARTS) is 1. The fourth-order valence-electron chi connectivity index (χ4n) is 3.72. The number of benzene rings is 1. The van der Waals surface area contributed by atoms with E-state index >= 15 is 0 Å². The molecule has 31 heavy (non-hydrogen) atoms. The molecule has 3 rings (SSSR count). The summed E-state index contributed by atoms with van der Waals surface area (Å²) < 4.78 is 7.15. The highest BCUT2D eigenvalue weighted by Gasteiger charge is 2.36. The Kier molecular flexibility index (Phi) is 6.76. The molecule has 2 aromatic rings. The standard InChI is InChI=1S/C21H28ClN5O4/c1-6-31-17-11-27(21(29)30)10-16(17)24-18-12(2)23-19(26(5)20(18)28)14-8-7-13(25(3)4)9-15(14)22/h7-9,16-17,24H,6,10-11H2,1-5H3,(H,29,30)/t16-,17+/m1/s1. The third-order valence-electron chi connectivity index (χ3n) is 5.43. The zero-order valence-electron chi connectivity index (χ0n) is 18.3. The van der Waals surface area contributed by atoms with Gasteiger partial charge in [0.25, 0.3) is 5.56 Å². The largest absolute Gasteiger partial charge is 0.465 e. The summed E-state index contributed by atoms with van der Waals surface area (Å²) in [5.41, 5.74) is 2.18. The molecule has 0 saturated carbocycles. The summed E-state index contributed by atoms with van der Waals surface area (Å²) in [5, 5.41) is 13.0. The van der Waals surface area contributed by atoms with Gasteiger partial charge in [0, 0.05) is 45.5 Å². The summed E-state index contributed by atoms with van der Waals surface area (Å²) in [7, 11) is 5.49. The van der Waals surface area contributed by atoms with E-state index in [0.717, 1.165) is 5.69 Å². The molecule has 9 nitrogen and oxygen atoms in total. The van der Waals surface area contributed by atoms with Crippen LogP contribution >= 0.6 is 11.6 Å². The highest BCUT2D eigenvalue weighted by Crippen LogP contribution is 2.30. The van der Waals surface area contributed by atoms with Gasteiger partial charge in [-0.1, -0.05) is 11.6 Å². The van der Waals surface area contributed by atoms with Crippen molar-refractivity contribution in [3.63, 3.8) is 0 Å². The Morgan fingerprint density at radius 3 is 2.68 bits per heavy atom. The molecule has 2 N–H and O–H groups in total. The van der Waals surface area contributed by atoms with Crippen molar-refractivity contribution in [1.82, 2.24) is 14.5 Å². The Morgan fingerprint density at radius 1 is 1.39 bits per heavy atom. The van der Waals surface area contributed by atoms with Crippen LogP contribution < -0.4 is 15.8 Å². The van der Waals surface area contributed by atoms with Crippen LogP contribution in [-0.4, -0.2) is 71.6 Å². The van der Waals surface area contributed by atoms with Crippen molar-refractivity contribution in [3.8, 4) is 11.4 Å². The van der Waals surface area contributed by atoms with Crippen molar-refractivity contribution in [2.45, 2.75) is 26.0 Å². The summed E-state index contributed by atoms with van der Waals surface area (Å²) in [6.07, 6.45) is -1.36. The van der Waals surface area contributed by atoms with Gasteiger partial charge in [0.15, 0.2) is 0 Å². The monoisotopic (exact) mass is 449 g/mol. The average Bonchev–Trinajstić information content (AvgIpc) is 3.11. The van der Waals surface area contributed by atoms with Gasteiger partial charge in [0.2, 0.25) is 0 Å². The molecule has 1 saturated heterocycles. The molecular formula is C21H28ClN5O4. The fraction of sp³-hybridized carbons (Fsp3) is 0.476. The second kappa shape index (κ2) is 9.15. The number of hydrogen-bond acceptors (Lipinski definition) is 6. The van der Waals surface area contributed by atoms with Crippen LogP contribution in [0.3, 0.4) is 0 Å². The van der Waals surface area contributed by atoms with Gasteiger partial charge in [-0.2, -0.15) is 0 Å². The Hall–Kier alpha value is -2.78. The number of ether oxygens (including phenoxy) is 1. The second-order valence-corrected chi connectivity index (χ2v) is 8.16. The van der Waals surface area contributed by atoms with Crippen molar-refractivity contribution >= 4 is 29.1 Å². The third kappa shape index (κ3) is 4.62. The van der Waals surface area contributed by atoms with Gasteiger partial charge in [-0.15, -0.1) is 0 Å². The first kappa shape index (κ1) is 22.9. The highest BCUT2D eigenvalue weighted by atomic mass is 35.5. The molecule has 2 heterocycles. The molecule has 1 fully saturated rings. The van der Waals surface area contributed by atoms with E-state index in [1.165, 1.54) is 9.47 Å².